The van der Waals surface area contributed by atoms with Crippen LogP contribution in [0.1, 0.15) is 25.0 Å². The molecule has 2 nitrogen and oxygen atoms in total. The molecule has 0 unspecified atom stereocenters. The fourth-order valence-electron chi connectivity index (χ4n) is 2.61. The van der Waals surface area contributed by atoms with Crippen molar-refractivity contribution in [3.63, 3.8) is 0 Å². The summed E-state index contributed by atoms with van der Waals surface area (Å²) in [5.41, 5.74) is 3.43. The number of hydrogen-bond acceptors (Lipinski definition) is 2. The van der Waals surface area contributed by atoms with Crippen LogP contribution in [0.2, 0.25) is 5.02 Å². The topological polar surface area (TPSA) is 21.3 Å². The Bertz CT molecular complexity index is 684. The first-order chi connectivity index (χ1) is 9.94. The van der Waals surface area contributed by atoms with E-state index in [2.05, 4.69) is 53.3 Å². The van der Waals surface area contributed by atoms with E-state index in [1.807, 2.05) is 18.2 Å². The van der Waals surface area contributed by atoms with Crippen molar-refractivity contribution >= 4 is 33.2 Å². The van der Waals surface area contributed by atoms with Crippen molar-refractivity contribution in [2.45, 2.75) is 32.4 Å². The molecule has 1 heterocycles. The van der Waals surface area contributed by atoms with Crippen molar-refractivity contribution in [3.8, 4) is 5.75 Å². The number of ether oxygens (including phenoxy) is 1. The number of nitrogens with one attached hydrogen (secondary N) is 1. The van der Waals surface area contributed by atoms with Crippen LogP contribution in [0.25, 0.3) is 0 Å². The minimum absolute atomic E-state index is 0.0929. The summed E-state index contributed by atoms with van der Waals surface area (Å²) in [5, 5.41) is 4.12. The Morgan fingerprint density at radius 1 is 1.29 bits per heavy atom. The Morgan fingerprint density at radius 2 is 2.10 bits per heavy atom. The highest BCUT2D eigenvalue weighted by Crippen LogP contribution is 2.35. The molecule has 0 saturated carbocycles. The molecule has 21 heavy (non-hydrogen) atoms. The quantitative estimate of drug-likeness (QED) is 0.782. The van der Waals surface area contributed by atoms with Crippen LogP contribution < -0.4 is 10.1 Å². The fraction of sp³-hybridized carbons (Fsp3) is 0.294. The van der Waals surface area contributed by atoms with E-state index < -0.39 is 0 Å². The molecular weight excluding hydrogens is 350 g/mol. The van der Waals surface area contributed by atoms with Gasteiger partial charge in [0.25, 0.3) is 0 Å². The van der Waals surface area contributed by atoms with E-state index in [1.165, 1.54) is 11.1 Å². The molecule has 0 spiro atoms. The van der Waals surface area contributed by atoms with Crippen molar-refractivity contribution < 1.29 is 4.74 Å². The summed E-state index contributed by atoms with van der Waals surface area (Å²) in [6, 6.07) is 12.2. The number of halogens is 2. The molecule has 110 valence electrons. The van der Waals surface area contributed by atoms with Crippen LogP contribution in [0.15, 0.2) is 40.9 Å². The number of hydrogen-bond donors (Lipinski definition) is 1. The summed E-state index contributed by atoms with van der Waals surface area (Å²) in [6.07, 6.45) is 0.955. The third-order valence-electron chi connectivity index (χ3n) is 3.56. The third kappa shape index (κ3) is 3.19. The Morgan fingerprint density at radius 3 is 2.90 bits per heavy atom. The van der Waals surface area contributed by atoms with E-state index in [4.69, 9.17) is 16.3 Å². The normalized spacial score (nSPS) is 15.4. The van der Waals surface area contributed by atoms with Gasteiger partial charge in [-0.1, -0.05) is 29.8 Å². The first-order valence-corrected chi connectivity index (χ1v) is 8.10. The molecule has 0 aliphatic carbocycles. The highest BCUT2D eigenvalue weighted by molar-refractivity contribution is 9.10. The van der Waals surface area contributed by atoms with E-state index in [0.717, 1.165) is 28.9 Å². The average Bonchev–Trinajstić information content (AvgIpc) is 2.73. The van der Waals surface area contributed by atoms with Crippen molar-refractivity contribution in [1.82, 2.24) is 0 Å². The van der Waals surface area contributed by atoms with Gasteiger partial charge in [-0.2, -0.15) is 0 Å². The Labute approximate surface area is 138 Å². The smallest absolute Gasteiger partial charge is 0.123 e. The Hall–Kier alpha value is -1.19. The first kappa shape index (κ1) is 14.7. The van der Waals surface area contributed by atoms with Crippen molar-refractivity contribution in [2.24, 2.45) is 0 Å². The second kappa shape index (κ2) is 5.54. The van der Waals surface area contributed by atoms with Crippen molar-refractivity contribution in [3.05, 3.63) is 57.0 Å². The Kier molecular flexibility index (Phi) is 3.89. The van der Waals surface area contributed by atoms with Gasteiger partial charge in [0.05, 0.1) is 15.2 Å². The lowest BCUT2D eigenvalue weighted by molar-refractivity contribution is 0.138. The van der Waals surface area contributed by atoms with E-state index in [1.54, 1.807) is 0 Å². The molecule has 0 aromatic heterocycles. The van der Waals surface area contributed by atoms with Crippen LogP contribution in [0.3, 0.4) is 0 Å². The van der Waals surface area contributed by atoms with Gasteiger partial charge >= 0.3 is 0 Å². The van der Waals surface area contributed by atoms with E-state index in [-0.39, 0.29) is 5.60 Å². The van der Waals surface area contributed by atoms with Crippen LogP contribution in [0, 0.1) is 0 Å². The molecule has 0 atom stereocenters. The lowest BCUT2D eigenvalue weighted by atomic mass is 10.0. The average molecular weight is 367 g/mol. The maximum atomic E-state index is 6.10. The van der Waals surface area contributed by atoms with Gasteiger partial charge in [-0.25, -0.2) is 0 Å². The zero-order valence-corrected chi connectivity index (χ0v) is 14.4. The Balaban J connectivity index is 1.74. The highest BCUT2D eigenvalue weighted by Gasteiger charge is 2.29. The van der Waals surface area contributed by atoms with Gasteiger partial charge in [-0.15, -0.1) is 0 Å². The van der Waals surface area contributed by atoms with Crippen LogP contribution in [0.4, 0.5) is 5.69 Å². The summed E-state index contributed by atoms with van der Waals surface area (Å²) < 4.78 is 6.80. The zero-order chi connectivity index (χ0) is 15.0. The molecule has 1 aliphatic heterocycles. The van der Waals surface area contributed by atoms with E-state index in [9.17, 15) is 0 Å². The molecule has 3 rings (SSSR count). The van der Waals surface area contributed by atoms with Gasteiger partial charge < -0.3 is 10.1 Å². The van der Waals surface area contributed by atoms with Crippen LogP contribution in [-0.4, -0.2) is 5.60 Å². The lowest BCUT2D eigenvalue weighted by Crippen LogP contribution is -2.24. The fourth-order valence-corrected chi connectivity index (χ4v) is 3.19. The van der Waals surface area contributed by atoms with Crippen molar-refractivity contribution in [1.29, 1.82) is 0 Å². The number of fused-ring (bicyclic) bond motifs is 1. The van der Waals surface area contributed by atoms with E-state index in [0.29, 0.717) is 5.02 Å². The molecular formula is C17H17BrClNO. The molecule has 0 amide bonds. The minimum Gasteiger partial charge on any atom is -0.487 e. The maximum absolute atomic E-state index is 6.10. The second-order valence-electron chi connectivity index (χ2n) is 5.94. The summed E-state index contributed by atoms with van der Waals surface area (Å²) in [7, 11) is 0. The monoisotopic (exact) mass is 365 g/mol. The molecule has 2 aromatic rings. The summed E-state index contributed by atoms with van der Waals surface area (Å²) in [4.78, 5) is 0. The predicted molar refractivity (Wildman–Crippen MR) is 91.3 cm³/mol. The molecule has 0 radical (unpaired) electrons. The van der Waals surface area contributed by atoms with Crippen LogP contribution in [-0.2, 0) is 13.0 Å². The van der Waals surface area contributed by atoms with Crippen molar-refractivity contribution in [2.75, 3.05) is 5.32 Å². The maximum Gasteiger partial charge on any atom is 0.123 e. The van der Waals surface area contributed by atoms with Gasteiger partial charge in [-0.3, -0.25) is 0 Å². The zero-order valence-electron chi connectivity index (χ0n) is 12.0. The minimum atomic E-state index is -0.0929. The van der Waals surface area contributed by atoms with Gasteiger partial charge in [0.2, 0.25) is 0 Å². The van der Waals surface area contributed by atoms with Gasteiger partial charge in [0.15, 0.2) is 0 Å². The van der Waals surface area contributed by atoms with Crippen LogP contribution >= 0.6 is 27.5 Å². The highest BCUT2D eigenvalue weighted by atomic mass is 79.9. The second-order valence-corrected chi connectivity index (χ2v) is 7.14. The van der Waals surface area contributed by atoms with Gasteiger partial charge in [-0.05, 0) is 59.1 Å². The standard InChI is InChI=1S/C17H17BrClNO/c1-17(2)9-12-8-11(6-7-15(12)21-17)10-20-14-5-3-4-13(19)16(14)18/h3-8,20H,9-10H2,1-2H3. The first-order valence-electron chi connectivity index (χ1n) is 6.93. The molecule has 0 saturated heterocycles. The summed E-state index contributed by atoms with van der Waals surface area (Å²) in [6.45, 7) is 4.99. The lowest BCUT2D eigenvalue weighted by Gasteiger charge is -2.16. The molecule has 0 bridgehead atoms. The molecule has 1 aliphatic rings. The van der Waals surface area contributed by atoms with Gasteiger partial charge in [0.1, 0.15) is 11.4 Å². The largest absolute Gasteiger partial charge is 0.487 e. The summed E-state index contributed by atoms with van der Waals surface area (Å²) in [5.74, 6) is 1.01. The third-order valence-corrected chi connectivity index (χ3v) is 4.96. The summed E-state index contributed by atoms with van der Waals surface area (Å²) >= 11 is 9.60. The number of rotatable bonds is 3. The van der Waals surface area contributed by atoms with E-state index >= 15 is 0 Å². The SMILES string of the molecule is CC1(C)Cc2cc(CNc3cccc(Cl)c3Br)ccc2O1. The molecule has 2 aromatic carbocycles. The van der Waals surface area contributed by atoms with Crippen LogP contribution in [0.5, 0.6) is 5.75 Å². The molecule has 4 heteroatoms. The molecule has 0 fully saturated rings. The number of benzene rings is 2. The number of anilines is 1. The predicted octanol–water partition coefficient (Wildman–Crippen LogP) is 5.43. The van der Waals surface area contributed by atoms with Gasteiger partial charge in [0, 0.05) is 13.0 Å². The molecule has 1 N–H and O–H groups in total.